The molecule has 24 heavy (non-hydrogen) atoms. The molecule has 0 aliphatic rings. The fourth-order valence-corrected chi connectivity index (χ4v) is 2.18. The third-order valence-corrected chi connectivity index (χ3v) is 3.18. The first-order valence-corrected chi connectivity index (χ1v) is 8.18. The molecule has 0 spiro atoms. The molecule has 1 aromatic rings. The van der Waals surface area contributed by atoms with Crippen LogP contribution in [-0.2, 0) is 6.42 Å². The van der Waals surface area contributed by atoms with Gasteiger partial charge in [-0.3, -0.25) is 4.99 Å². The number of methoxy groups -OCH3 is 1. The van der Waals surface area contributed by atoms with Gasteiger partial charge in [0, 0.05) is 19.1 Å². The largest absolute Gasteiger partial charge is 0.493 e. The summed E-state index contributed by atoms with van der Waals surface area (Å²) in [6.45, 7) is 9.83. The minimum absolute atomic E-state index is 0. The molecule has 0 aliphatic carbocycles. The minimum atomic E-state index is 0. The van der Waals surface area contributed by atoms with Crippen LogP contribution in [0.2, 0.25) is 0 Å². The third kappa shape index (κ3) is 8.61. The smallest absolute Gasteiger partial charge is 0.191 e. The molecule has 0 saturated heterocycles. The molecule has 0 aromatic heterocycles. The molecule has 0 bridgehead atoms. The van der Waals surface area contributed by atoms with Crippen molar-refractivity contribution in [1.29, 1.82) is 0 Å². The fourth-order valence-electron chi connectivity index (χ4n) is 2.18. The fraction of sp³-hybridized carbons (Fsp3) is 0.611. The van der Waals surface area contributed by atoms with Gasteiger partial charge in [0.2, 0.25) is 0 Å². The molecular formula is C18H32IN3O2. The summed E-state index contributed by atoms with van der Waals surface area (Å²) in [4.78, 5) is 4.24. The van der Waals surface area contributed by atoms with Crippen LogP contribution in [0, 0.1) is 0 Å². The molecule has 0 fully saturated rings. The van der Waals surface area contributed by atoms with E-state index in [4.69, 9.17) is 9.47 Å². The molecule has 0 heterocycles. The summed E-state index contributed by atoms with van der Waals surface area (Å²) in [5.41, 5.74) is 1.25. The second-order valence-electron chi connectivity index (χ2n) is 6.40. The second kappa shape index (κ2) is 11.4. The van der Waals surface area contributed by atoms with Crippen molar-refractivity contribution < 1.29 is 9.47 Å². The van der Waals surface area contributed by atoms with E-state index in [-0.39, 0.29) is 29.5 Å². The molecule has 0 atom stereocenters. The van der Waals surface area contributed by atoms with Crippen molar-refractivity contribution in [2.24, 2.45) is 4.99 Å². The quantitative estimate of drug-likeness (QED) is 0.289. The van der Waals surface area contributed by atoms with Crippen molar-refractivity contribution in [2.75, 3.05) is 27.3 Å². The van der Waals surface area contributed by atoms with E-state index in [9.17, 15) is 0 Å². The molecule has 1 aromatic carbocycles. The number of nitrogens with one attached hydrogen (secondary N) is 2. The van der Waals surface area contributed by atoms with Crippen LogP contribution in [0.3, 0.4) is 0 Å². The SMILES string of the molecule is CCOc1cc(CCCNC(=NC)NC(C)(C)C)ccc1OC.I. The molecule has 5 nitrogen and oxygen atoms in total. The van der Waals surface area contributed by atoms with Crippen molar-refractivity contribution >= 4 is 29.9 Å². The Morgan fingerprint density at radius 3 is 2.46 bits per heavy atom. The molecule has 2 N–H and O–H groups in total. The number of aliphatic imine (C=N–C) groups is 1. The van der Waals surface area contributed by atoms with Gasteiger partial charge in [-0.15, -0.1) is 24.0 Å². The van der Waals surface area contributed by atoms with Gasteiger partial charge < -0.3 is 20.1 Å². The summed E-state index contributed by atoms with van der Waals surface area (Å²) in [6.07, 6.45) is 1.99. The van der Waals surface area contributed by atoms with Crippen molar-refractivity contribution in [3.63, 3.8) is 0 Å². The van der Waals surface area contributed by atoms with Crippen molar-refractivity contribution in [1.82, 2.24) is 10.6 Å². The van der Waals surface area contributed by atoms with Gasteiger partial charge in [-0.2, -0.15) is 0 Å². The lowest BCUT2D eigenvalue weighted by atomic mass is 10.1. The first kappa shape index (κ1) is 22.8. The average molecular weight is 449 g/mol. The van der Waals surface area contributed by atoms with Gasteiger partial charge in [0.15, 0.2) is 17.5 Å². The second-order valence-corrected chi connectivity index (χ2v) is 6.40. The lowest BCUT2D eigenvalue weighted by molar-refractivity contribution is 0.310. The van der Waals surface area contributed by atoms with Crippen LogP contribution < -0.4 is 20.1 Å². The number of guanidine groups is 1. The van der Waals surface area contributed by atoms with Gasteiger partial charge in [-0.1, -0.05) is 6.07 Å². The predicted octanol–water partition coefficient (Wildman–Crippen LogP) is 3.61. The molecule has 0 aliphatic heterocycles. The van der Waals surface area contributed by atoms with Gasteiger partial charge >= 0.3 is 0 Å². The number of aryl methyl sites for hydroxylation is 1. The normalized spacial score (nSPS) is 11.5. The standard InChI is InChI=1S/C18H31N3O2.HI/c1-7-23-16-13-14(10-11-15(16)22-6)9-8-12-20-17(19-5)21-18(2,3)4;/h10-11,13H,7-9,12H2,1-6H3,(H2,19,20,21);1H. The monoisotopic (exact) mass is 449 g/mol. The molecule has 1 rings (SSSR count). The highest BCUT2D eigenvalue weighted by Crippen LogP contribution is 2.28. The van der Waals surface area contributed by atoms with Crippen molar-refractivity contribution in [3.8, 4) is 11.5 Å². The Hall–Kier alpha value is -1.18. The number of ether oxygens (including phenoxy) is 2. The topological polar surface area (TPSA) is 54.9 Å². The number of hydrogen-bond donors (Lipinski definition) is 2. The van der Waals surface area contributed by atoms with Gasteiger partial charge in [0.05, 0.1) is 13.7 Å². The molecular weight excluding hydrogens is 417 g/mol. The highest BCUT2D eigenvalue weighted by atomic mass is 127. The van der Waals surface area contributed by atoms with Crippen LogP contribution in [-0.4, -0.2) is 38.8 Å². The predicted molar refractivity (Wildman–Crippen MR) is 112 cm³/mol. The summed E-state index contributed by atoms with van der Waals surface area (Å²) in [5, 5.41) is 6.69. The first-order valence-electron chi connectivity index (χ1n) is 8.18. The summed E-state index contributed by atoms with van der Waals surface area (Å²) >= 11 is 0. The Balaban J connectivity index is 0.00000529. The summed E-state index contributed by atoms with van der Waals surface area (Å²) < 4.78 is 10.9. The van der Waals surface area contributed by atoms with Gasteiger partial charge in [0.25, 0.3) is 0 Å². The maximum absolute atomic E-state index is 5.62. The summed E-state index contributed by atoms with van der Waals surface area (Å²) in [5.74, 6) is 2.43. The average Bonchev–Trinajstić information content (AvgIpc) is 2.49. The molecule has 6 heteroatoms. The van der Waals surface area contributed by atoms with Crippen LogP contribution >= 0.6 is 24.0 Å². The number of benzene rings is 1. The van der Waals surface area contributed by atoms with Gasteiger partial charge in [-0.05, 0) is 58.2 Å². The van der Waals surface area contributed by atoms with E-state index in [0.29, 0.717) is 6.61 Å². The van der Waals surface area contributed by atoms with Gasteiger partial charge in [-0.25, -0.2) is 0 Å². The number of rotatable bonds is 7. The van der Waals surface area contributed by atoms with Crippen molar-refractivity contribution in [2.45, 2.75) is 46.1 Å². The Labute approximate surface area is 163 Å². The zero-order chi connectivity index (χ0) is 17.3. The molecule has 0 saturated carbocycles. The summed E-state index contributed by atoms with van der Waals surface area (Å²) in [6, 6.07) is 6.11. The Kier molecular flexibility index (Phi) is 10.8. The van der Waals surface area contributed by atoms with Crippen LogP contribution in [0.4, 0.5) is 0 Å². The minimum Gasteiger partial charge on any atom is -0.493 e. The van der Waals surface area contributed by atoms with Crippen LogP contribution in [0.5, 0.6) is 11.5 Å². The van der Waals surface area contributed by atoms with E-state index >= 15 is 0 Å². The van der Waals surface area contributed by atoms with Crippen molar-refractivity contribution in [3.05, 3.63) is 23.8 Å². The van der Waals surface area contributed by atoms with E-state index in [2.05, 4.69) is 48.5 Å². The Morgan fingerprint density at radius 1 is 1.21 bits per heavy atom. The van der Waals surface area contributed by atoms with Crippen LogP contribution in [0.1, 0.15) is 39.7 Å². The highest BCUT2D eigenvalue weighted by molar-refractivity contribution is 14.0. The van der Waals surface area contributed by atoms with E-state index in [0.717, 1.165) is 36.8 Å². The molecule has 0 amide bonds. The van der Waals surface area contributed by atoms with E-state index in [1.165, 1.54) is 5.56 Å². The Bertz CT molecular complexity index is 513. The lowest BCUT2D eigenvalue weighted by Gasteiger charge is -2.23. The number of nitrogens with zero attached hydrogens (tertiary/aromatic N) is 1. The van der Waals surface area contributed by atoms with Crippen LogP contribution in [0.25, 0.3) is 0 Å². The third-order valence-electron chi connectivity index (χ3n) is 3.18. The highest BCUT2D eigenvalue weighted by Gasteiger charge is 2.11. The number of halogens is 1. The van der Waals surface area contributed by atoms with Gasteiger partial charge in [0.1, 0.15) is 0 Å². The maximum Gasteiger partial charge on any atom is 0.191 e. The molecule has 138 valence electrons. The first-order chi connectivity index (χ1) is 10.9. The Morgan fingerprint density at radius 2 is 1.92 bits per heavy atom. The zero-order valence-electron chi connectivity index (χ0n) is 15.7. The van der Waals surface area contributed by atoms with E-state index < -0.39 is 0 Å². The summed E-state index contributed by atoms with van der Waals surface area (Å²) in [7, 11) is 3.45. The molecule has 0 unspecified atom stereocenters. The number of hydrogen-bond acceptors (Lipinski definition) is 3. The van der Waals surface area contributed by atoms with Crippen LogP contribution in [0.15, 0.2) is 23.2 Å². The van der Waals surface area contributed by atoms with E-state index in [1.807, 2.05) is 13.0 Å². The lowest BCUT2D eigenvalue weighted by Crippen LogP contribution is -2.47. The molecule has 0 radical (unpaired) electrons. The zero-order valence-corrected chi connectivity index (χ0v) is 18.1. The van der Waals surface area contributed by atoms with E-state index in [1.54, 1.807) is 14.2 Å². The maximum atomic E-state index is 5.62.